The van der Waals surface area contributed by atoms with Crippen molar-refractivity contribution in [2.75, 3.05) is 0 Å². The molecule has 1 aliphatic heterocycles. The fourth-order valence-corrected chi connectivity index (χ4v) is 4.82. The first-order valence-electron chi connectivity index (χ1n) is 12.6. The number of halogens is 1. The van der Waals surface area contributed by atoms with E-state index in [9.17, 15) is 19.6 Å². The van der Waals surface area contributed by atoms with E-state index in [-0.39, 0.29) is 46.7 Å². The van der Waals surface area contributed by atoms with Gasteiger partial charge < -0.3 is 26.1 Å². The number of nitrogens with one attached hydrogen (secondary N) is 2. The Bertz CT molecular complexity index is 1420. The van der Waals surface area contributed by atoms with Crippen LogP contribution in [-0.4, -0.2) is 50.4 Å². The van der Waals surface area contributed by atoms with Gasteiger partial charge >= 0.3 is 0 Å². The number of carbonyl (C=O) groups is 3. The molecule has 0 spiro atoms. The van der Waals surface area contributed by atoms with E-state index in [0.29, 0.717) is 17.9 Å². The number of amides is 3. The lowest BCUT2D eigenvalue weighted by atomic mass is 9.84. The summed E-state index contributed by atoms with van der Waals surface area (Å²) in [4.78, 5) is 48.3. The van der Waals surface area contributed by atoms with Crippen molar-refractivity contribution in [2.45, 2.75) is 65.6 Å². The van der Waals surface area contributed by atoms with Crippen LogP contribution in [0, 0.1) is 29.1 Å². The Labute approximate surface area is 237 Å². The van der Waals surface area contributed by atoms with Crippen LogP contribution < -0.4 is 15.8 Å². The van der Waals surface area contributed by atoms with E-state index >= 15 is 0 Å². The van der Waals surface area contributed by atoms with Crippen LogP contribution in [0.1, 0.15) is 68.5 Å². The third kappa shape index (κ3) is 6.82. The van der Waals surface area contributed by atoms with Crippen molar-refractivity contribution in [2.24, 2.45) is 11.1 Å². The van der Waals surface area contributed by atoms with Gasteiger partial charge in [-0.3, -0.25) is 14.4 Å². The Hall–Kier alpha value is -4.30. The van der Waals surface area contributed by atoms with Crippen molar-refractivity contribution in [3.8, 4) is 11.8 Å². The Morgan fingerprint density at radius 1 is 1.35 bits per heavy atom. The highest BCUT2D eigenvalue weighted by molar-refractivity contribution is 6.30. The highest BCUT2D eigenvalue weighted by Gasteiger charge is 2.46. The van der Waals surface area contributed by atoms with E-state index in [2.05, 4.69) is 21.4 Å². The van der Waals surface area contributed by atoms with Crippen LogP contribution in [0.5, 0.6) is 5.75 Å². The third-order valence-electron chi connectivity index (χ3n) is 6.66. The topological polar surface area (TPSA) is 175 Å². The van der Waals surface area contributed by atoms with Gasteiger partial charge in [0.2, 0.25) is 11.7 Å². The Morgan fingerprint density at radius 3 is 2.62 bits per heavy atom. The highest BCUT2D eigenvalue weighted by atomic mass is 35.5. The summed E-state index contributed by atoms with van der Waals surface area (Å²) in [7, 11) is 0. The molecule has 0 radical (unpaired) electrons. The van der Waals surface area contributed by atoms with Crippen molar-refractivity contribution < 1.29 is 19.1 Å². The zero-order valence-electron chi connectivity index (χ0n) is 23.0. The van der Waals surface area contributed by atoms with Crippen molar-refractivity contribution in [3.63, 3.8) is 0 Å². The molecule has 2 aromatic rings. The largest absolute Gasteiger partial charge is 0.448 e. The first-order valence-corrected chi connectivity index (χ1v) is 13.0. The van der Waals surface area contributed by atoms with E-state index in [4.69, 9.17) is 27.5 Å². The molecule has 0 aliphatic carbocycles. The summed E-state index contributed by atoms with van der Waals surface area (Å²) in [6, 6.07) is 7.94. The standard InChI is InChI=1S/C28H32ClN7O4/c1-15(31)11-21(24(32)37)40-22-13-33-25(34-16(22)2)26(38)35-17(3)27(39)36-20(18-7-6-8-19(29)12-18)9-10-23(36)28(4,5)14-30/h6-8,11-13,17,20,23,31H,9-10H2,1-5H3,(H2,32,37)(H,35,38)/b21-11+,31-15?/t17-,20+,23-/m1/s1. The molecule has 1 aliphatic rings. The second-order valence-electron chi connectivity index (χ2n) is 10.2. The van der Waals surface area contributed by atoms with Gasteiger partial charge in [-0.15, -0.1) is 0 Å². The van der Waals surface area contributed by atoms with Crippen LogP contribution in [0.25, 0.3) is 0 Å². The SMILES string of the molecule is CC(=N)/C=C(/Oc1cnc(C(=O)N[C@H](C)C(=O)N2[C@H](c3cccc(Cl)c3)CC[C@@H]2C(C)(C)C#N)nc1C)C(N)=O. The molecule has 1 fully saturated rings. The summed E-state index contributed by atoms with van der Waals surface area (Å²) in [6.45, 7) is 8.16. The van der Waals surface area contributed by atoms with E-state index in [1.807, 2.05) is 12.1 Å². The van der Waals surface area contributed by atoms with Crippen LogP contribution in [0.2, 0.25) is 5.02 Å². The molecule has 3 atom stereocenters. The second kappa shape index (κ2) is 12.3. The summed E-state index contributed by atoms with van der Waals surface area (Å²) in [5, 5.41) is 20.5. The Balaban J connectivity index is 1.82. The Kier molecular flexibility index (Phi) is 9.27. The molecule has 4 N–H and O–H groups in total. The summed E-state index contributed by atoms with van der Waals surface area (Å²) < 4.78 is 5.45. The number of primary amides is 1. The average Bonchev–Trinajstić information content (AvgIpc) is 3.34. The van der Waals surface area contributed by atoms with E-state index in [1.54, 1.807) is 44.7 Å². The van der Waals surface area contributed by atoms with Crippen LogP contribution in [0.15, 0.2) is 42.3 Å². The van der Waals surface area contributed by atoms with Crippen molar-refractivity contribution in [1.82, 2.24) is 20.2 Å². The average molecular weight is 566 g/mol. The summed E-state index contributed by atoms with van der Waals surface area (Å²) in [5.74, 6) is -2.32. The fourth-order valence-electron chi connectivity index (χ4n) is 4.62. The maximum Gasteiger partial charge on any atom is 0.289 e. The number of ether oxygens (including phenoxy) is 1. The number of benzene rings is 1. The number of nitrogens with zero attached hydrogens (tertiary/aromatic N) is 4. The molecule has 11 nitrogen and oxygen atoms in total. The van der Waals surface area contributed by atoms with Gasteiger partial charge in [-0.05, 0) is 65.2 Å². The molecule has 0 bridgehead atoms. The highest BCUT2D eigenvalue weighted by Crippen LogP contribution is 2.43. The minimum Gasteiger partial charge on any atom is -0.448 e. The molecule has 210 valence electrons. The third-order valence-corrected chi connectivity index (χ3v) is 6.90. The first kappa shape index (κ1) is 30.2. The number of allylic oxidation sites excluding steroid dienone is 1. The number of aromatic nitrogens is 2. The molecule has 0 saturated carbocycles. The van der Waals surface area contributed by atoms with Crippen LogP contribution in [-0.2, 0) is 9.59 Å². The molecule has 3 amide bonds. The Morgan fingerprint density at radius 2 is 2.05 bits per heavy atom. The van der Waals surface area contributed by atoms with Gasteiger partial charge in [-0.1, -0.05) is 23.7 Å². The van der Waals surface area contributed by atoms with Crippen molar-refractivity contribution in [3.05, 3.63) is 64.4 Å². The van der Waals surface area contributed by atoms with Crippen LogP contribution in [0.3, 0.4) is 0 Å². The zero-order chi connectivity index (χ0) is 29.8. The van der Waals surface area contributed by atoms with Gasteiger partial charge in [0.15, 0.2) is 11.5 Å². The number of carbonyl (C=O) groups excluding carboxylic acids is 3. The molecule has 3 rings (SSSR count). The number of hydrogen-bond acceptors (Lipinski definition) is 8. The van der Waals surface area contributed by atoms with Gasteiger partial charge in [0.05, 0.1) is 35.5 Å². The molecule has 0 unspecified atom stereocenters. The van der Waals surface area contributed by atoms with Crippen LogP contribution >= 0.6 is 11.6 Å². The van der Waals surface area contributed by atoms with Gasteiger partial charge in [0.25, 0.3) is 11.8 Å². The van der Waals surface area contributed by atoms with Gasteiger partial charge in [-0.25, -0.2) is 9.97 Å². The number of nitrogens with two attached hydrogens (primary N) is 1. The summed E-state index contributed by atoms with van der Waals surface area (Å²) >= 11 is 6.22. The normalized spacial score (nSPS) is 18.0. The minimum absolute atomic E-state index is 0.0537. The number of hydrogen-bond donors (Lipinski definition) is 3. The van der Waals surface area contributed by atoms with Crippen molar-refractivity contribution >= 4 is 35.0 Å². The van der Waals surface area contributed by atoms with Gasteiger partial charge in [0, 0.05) is 16.8 Å². The van der Waals surface area contributed by atoms with Gasteiger partial charge in [-0.2, -0.15) is 5.26 Å². The maximum absolute atomic E-state index is 13.8. The number of nitriles is 1. The number of likely N-dealkylation sites (tertiary alicyclic amines) is 1. The lowest BCUT2D eigenvalue weighted by Gasteiger charge is -2.38. The molecule has 40 heavy (non-hydrogen) atoms. The molecule has 1 aromatic carbocycles. The van der Waals surface area contributed by atoms with E-state index < -0.39 is 23.3 Å². The van der Waals surface area contributed by atoms with Crippen molar-refractivity contribution in [1.29, 1.82) is 10.7 Å². The quantitative estimate of drug-likeness (QED) is 0.236. The molecule has 2 heterocycles. The number of aryl methyl sites for hydroxylation is 1. The van der Waals surface area contributed by atoms with Crippen LogP contribution in [0.4, 0.5) is 0 Å². The smallest absolute Gasteiger partial charge is 0.289 e. The summed E-state index contributed by atoms with van der Waals surface area (Å²) in [5.41, 5.74) is 5.63. The predicted molar refractivity (Wildman–Crippen MR) is 148 cm³/mol. The molecule has 1 aromatic heterocycles. The van der Waals surface area contributed by atoms with E-state index in [0.717, 1.165) is 11.6 Å². The summed E-state index contributed by atoms with van der Waals surface area (Å²) in [6.07, 6.45) is 3.63. The predicted octanol–water partition coefficient (Wildman–Crippen LogP) is 3.63. The number of rotatable bonds is 9. The molecular weight excluding hydrogens is 534 g/mol. The molecule has 12 heteroatoms. The van der Waals surface area contributed by atoms with Gasteiger partial charge in [0.1, 0.15) is 6.04 Å². The molecular formula is C28H32ClN7O4. The first-order chi connectivity index (χ1) is 18.7. The van der Waals surface area contributed by atoms with E-state index in [1.165, 1.54) is 13.1 Å². The fraction of sp³-hybridized carbons (Fsp3) is 0.393. The lowest BCUT2D eigenvalue weighted by molar-refractivity contribution is -0.137. The monoisotopic (exact) mass is 565 g/mol. The lowest BCUT2D eigenvalue weighted by Crippen LogP contribution is -2.52. The minimum atomic E-state index is -0.955. The zero-order valence-corrected chi connectivity index (χ0v) is 23.7. The second-order valence-corrected chi connectivity index (χ2v) is 10.7. The molecule has 1 saturated heterocycles. The maximum atomic E-state index is 13.8.